The van der Waals surface area contributed by atoms with Gasteiger partial charge in [0, 0.05) is 28.3 Å². The van der Waals surface area contributed by atoms with Crippen LogP contribution in [-0.4, -0.2) is 43.5 Å². The third kappa shape index (κ3) is 9.29. The van der Waals surface area contributed by atoms with Crippen molar-refractivity contribution in [3.8, 4) is 0 Å². The number of carboxylic acids is 1. The zero-order valence-corrected chi connectivity index (χ0v) is 17.7. The van der Waals surface area contributed by atoms with Gasteiger partial charge in [0.15, 0.2) is 5.60 Å². The first-order chi connectivity index (χ1) is 11.5. The molecule has 0 amide bonds. The molecule has 0 N–H and O–H groups in total. The second-order valence-corrected chi connectivity index (χ2v) is 5.81. The number of ketones is 1. The molecule has 0 radical (unpaired) electrons. The molecule has 25 heavy (non-hydrogen) atoms. The van der Waals surface area contributed by atoms with E-state index in [1.54, 1.807) is 6.92 Å². The van der Waals surface area contributed by atoms with Crippen LogP contribution in [0.1, 0.15) is 72.6 Å². The van der Waals surface area contributed by atoms with E-state index in [2.05, 4.69) is 0 Å². The first-order valence-corrected chi connectivity index (χ1v) is 9.12. The van der Waals surface area contributed by atoms with Gasteiger partial charge in [-0.05, 0) is 25.7 Å². The number of hydrogen-bond donors (Lipinski definition) is 0. The summed E-state index contributed by atoms with van der Waals surface area (Å²) in [5.74, 6) is -2.25. The van der Waals surface area contributed by atoms with Crippen LogP contribution in [-0.2, 0) is 45.5 Å². The van der Waals surface area contributed by atoms with Crippen LogP contribution < -0.4 is 5.11 Å². The molecule has 0 aliphatic carbocycles. The van der Waals surface area contributed by atoms with Crippen LogP contribution in [0.2, 0.25) is 0 Å². The SMILES string of the molecule is CCCCOC(OCCCC)C(=O)C(CC)(OCCCC)C(=O)[O-].[Ti]. The standard InChI is InChI=1S/C18H34O6.Ti/c1-5-9-12-22-16(23-13-10-6-2)15(19)18(8-4,17(20)21)24-14-11-7-3;/h16H,5-14H2,1-4H3,(H,20,21);/p-1. The molecule has 0 aliphatic rings. The summed E-state index contributed by atoms with van der Waals surface area (Å²) in [4.78, 5) is 24.5. The Morgan fingerprint density at radius 3 is 1.68 bits per heavy atom. The molecular formula is C18H33O6Ti-. The fourth-order valence-corrected chi connectivity index (χ4v) is 2.10. The molecule has 0 heterocycles. The summed E-state index contributed by atoms with van der Waals surface area (Å²) >= 11 is 0. The Kier molecular flexibility index (Phi) is 17.2. The summed E-state index contributed by atoms with van der Waals surface area (Å²) in [6, 6.07) is 0. The number of carbonyl (C=O) groups is 2. The van der Waals surface area contributed by atoms with E-state index in [0.29, 0.717) is 19.6 Å². The molecule has 0 aliphatic heterocycles. The zero-order chi connectivity index (χ0) is 18.4. The number of carboxylic acid groups (broad SMARTS) is 1. The number of ether oxygens (including phenoxy) is 3. The maximum absolute atomic E-state index is 12.8. The van der Waals surface area contributed by atoms with Crippen molar-refractivity contribution in [1.29, 1.82) is 0 Å². The monoisotopic (exact) mass is 393 g/mol. The minimum Gasteiger partial charge on any atom is -0.546 e. The molecule has 0 bridgehead atoms. The van der Waals surface area contributed by atoms with Crippen LogP contribution >= 0.6 is 0 Å². The topological polar surface area (TPSA) is 84.9 Å². The van der Waals surface area contributed by atoms with Crippen LogP contribution in [0.5, 0.6) is 0 Å². The second-order valence-electron chi connectivity index (χ2n) is 5.81. The molecule has 1 unspecified atom stereocenters. The Balaban J connectivity index is 0. The predicted molar refractivity (Wildman–Crippen MR) is 89.4 cm³/mol. The number of hydrogen-bond acceptors (Lipinski definition) is 6. The average molecular weight is 393 g/mol. The second kappa shape index (κ2) is 15.9. The van der Waals surface area contributed by atoms with E-state index in [9.17, 15) is 14.7 Å². The van der Waals surface area contributed by atoms with Crippen LogP contribution in [0.3, 0.4) is 0 Å². The Morgan fingerprint density at radius 1 is 0.880 bits per heavy atom. The minimum absolute atomic E-state index is 0. The van der Waals surface area contributed by atoms with Crippen molar-refractivity contribution in [2.24, 2.45) is 0 Å². The van der Waals surface area contributed by atoms with Crippen molar-refractivity contribution in [2.75, 3.05) is 19.8 Å². The number of carbonyl (C=O) groups excluding carboxylic acids is 2. The zero-order valence-electron chi connectivity index (χ0n) is 16.1. The Morgan fingerprint density at radius 2 is 1.32 bits per heavy atom. The van der Waals surface area contributed by atoms with Gasteiger partial charge in [0.2, 0.25) is 12.1 Å². The molecule has 0 saturated carbocycles. The summed E-state index contributed by atoms with van der Waals surface area (Å²) < 4.78 is 16.5. The van der Waals surface area contributed by atoms with E-state index in [1.807, 2.05) is 20.8 Å². The van der Waals surface area contributed by atoms with Crippen molar-refractivity contribution in [1.82, 2.24) is 0 Å². The van der Waals surface area contributed by atoms with Gasteiger partial charge in [0.25, 0.3) is 0 Å². The summed E-state index contributed by atoms with van der Waals surface area (Å²) in [6.07, 6.45) is 3.59. The van der Waals surface area contributed by atoms with Gasteiger partial charge in [-0.15, -0.1) is 0 Å². The smallest absolute Gasteiger partial charge is 0.226 e. The van der Waals surface area contributed by atoms with Crippen molar-refractivity contribution < 1.29 is 50.6 Å². The summed E-state index contributed by atoms with van der Waals surface area (Å²) in [6.45, 7) is 8.41. The first-order valence-electron chi connectivity index (χ1n) is 9.12. The molecule has 0 saturated heterocycles. The summed E-state index contributed by atoms with van der Waals surface area (Å²) in [7, 11) is 0. The third-order valence-corrected chi connectivity index (χ3v) is 3.82. The van der Waals surface area contributed by atoms with E-state index in [1.165, 1.54) is 0 Å². The van der Waals surface area contributed by atoms with Gasteiger partial charge in [-0.25, -0.2) is 0 Å². The van der Waals surface area contributed by atoms with Gasteiger partial charge < -0.3 is 24.1 Å². The summed E-state index contributed by atoms with van der Waals surface area (Å²) in [5.41, 5.74) is -2.02. The molecular weight excluding hydrogens is 360 g/mol. The van der Waals surface area contributed by atoms with Crippen molar-refractivity contribution in [3.05, 3.63) is 0 Å². The van der Waals surface area contributed by atoms with E-state index in [0.717, 1.165) is 32.1 Å². The van der Waals surface area contributed by atoms with Crippen LogP contribution in [0.4, 0.5) is 0 Å². The van der Waals surface area contributed by atoms with Crippen molar-refractivity contribution in [2.45, 2.75) is 84.5 Å². The summed E-state index contributed by atoms with van der Waals surface area (Å²) in [5, 5.41) is 11.7. The van der Waals surface area contributed by atoms with Gasteiger partial charge in [0.05, 0.1) is 19.2 Å². The molecule has 7 heteroatoms. The predicted octanol–water partition coefficient (Wildman–Crippen LogP) is 2.23. The fraction of sp³-hybridized carbons (Fsp3) is 0.889. The molecule has 6 nitrogen and oxygen atoms in total. The number of Topliss-reactive ketones (excluding diaryl/α,β-unsaturated/α-hetero) is 1. The third-order valence-electron chi connectivity index (χ3n) is 3.82. The van der Waals surface area contributed by atoms with Gasteiger partial charge in [-0.2, -0.15) is 0 Å². The van der Waals surface area contributed by atoms with Crippen LogP contribution in [0.25, 0.3) is 0 Å². The maximum atomic E-state index is 12.8. The Bertz CT molecular complexity index is 353. The molecule has 0 spiro atoms. The van der Waals surface area contributed by atoms with Gasteiger partial charge >= 0.3 is 0 Å². The maximum Gasteiger partial charge on any atom is 0.226 e. The number of rotatable bonds is 16. The molecule has 0 aromatic rings. The van der Waals surface area contributed by atoms with Crippen LogP contribution in [0, 0.1) is 0 Å². The van der Waals surface area contributed by atoms with Gasteiger partial charge in [-0.3, -0.25) is 4.79 Å². The van der Waals surface area contributed by atoms with Gasteiger partial charge in [-0.1, -0.05) is 47.0 Å². The quantitative estimate of drug-likeness (QED) is 0.173. The van der Waals surface area contributed by atoms with E-state index >= 15 is 0 Å². The molecule has 0 aromatic carbocycles. The number of aliphatic carboxylic acids is 1. The molecule has 0 aromatic heterocycles. The molecule has 0 rings (SSSR count). The fourth-order valence-electron chi connectivity index (χ4n) is 2.10. The van der Waals surface area contributed by atoms with E-state index < -0.39 is 23.6 Å². The van der Waals surface area contributed by atoms with E-state index in [4.69, 9.17) is 14.2 Å². The molecule has 146 valence electrons. The number of unbranched alkanes of at least 4 members (excludes halogenated alkanes) is 3. The van der Waals surface area contributed by atoms with Crippen LogP contribution in [0.15, 0.2) is 0 Å². The normalized spacial score (nSPS) is 13.3. The molecule has 1 atom stereocenters. The van der Waals surface area contributed by atoms with Crippen molar-refractivity contribution >= 4 is 11.8 Å². The first kappa shape index (κ1) is 27.0. The largest absolute Gasteiger partial charge is 0.546 e. The van der Waals surface area contributed by atoms with Gasteiger partial charge in [0.1, 0.15) is 0 Å². The average Bonchev–Trinajstić information content (AvgIpc) is 2.57. The Hall–Kier alpha value is -0.266. The van der Waals surface area contributed by atoms with E-state index in [-0.39, 0.29) is 34.7 Å². The Labute approximate surface area is 166 Å². The van der Waals surface area contributed by atoms with Crippen molar-refractivity contribution in [3.63, 3.8) is 0 Å². The molecule has 0 fully saturated rings. The minimum atomic E-state index is -2.02.